The number of amides is 2. The fourth-order valence-corrected chi connectivity index (χ4v) is 5.17. The van der Waals surface area contributed by atoms with Crippen LogP contribution in [-0.4, -0.2) is 68.1 Å². The highest BCUT2D eigenvalue weighted by Crippen LogP contribution is 2.46. The van der Waals surface area contributed by atoms with Gasteiger partial charge in [-0.05, 0) is 45.6 Å². The lowest BCUT2D eigenvalue weighted by Gasteiger charge is -2.46. The van der Waals surface area contributed by atoms with Crippen LogP contribution >= 0.6 is 0 Å². The summed E-state index contributed by atoms with van der Waals surface area (Å²) in [6.07, 6.45) is 12.5. The van der Waals surface area contributed by atoms with Crippen molar-refractivity contribution < 1.29 is 14.3 Å². The van der Waals surface area contributed by atoms with Gasteiger partial charge in [-0.25, -0.2) is 0 Å². The van der Waals surface area contributed by atoms with Crippen LogP contribution in [0.4, 0.5) is 0 Å². The summed E-state index contributed by atoms with van der Waals surface area (Å²) in [5.41, 5.74) is 0.383. The van der Waals surface area contributed by atoms with Gasteiger partial charge in [0.05, 0.1) is 12.0 Å². The summed E-state index contributed by atoms with van der Waals surface area (Å²) in [5, 5.41) is 3.21. The molecule has 1 unspecified atom stereocenters. The van der Waals surface area contributed by atoms with Crippen molar-refractivity contribution in [1.29, 1.82) is 0 Å². The van der Waals surface area contributed by atoms with Crippen LogP contribution in [0.25, 0.3) is 0 Å². The first-order valence-electron chi connectivity index (χ1n) is 11.1. The third kappa shape index (κ3) is 4.60. The van der Waals surface area contributed by atoms with Crippen LogP contribution in [0, 0.1) is 5.41 Å². The molecule has 1 aliphatic heterocycles. The number of likely N-dealkylation sites (N-methyl/N-ethyl adjacent to an activating group) is 1. The van der Waals surface area contributed by atoms with Gasteiger partial charge in [0.2, 0.25) is 11.8 Å². The molecule has 0 radical (unpaired) electrons. The van der Waals surface area contributed by atoms with Crippen molar-refractivity contribution >= 4 is 11.8 Å². The number of hydrogen-bond donors (Lipinski definition) is 1. The van der Waals surface area contributed by atoms with Gasteiger partial charge in [0.1, 0.15) is 0 Å². The third-order valence-electron chi connectivity index (χ3n) is 6.89. The Morgan fingerprint density at radius 3 is 2.82 bits per heavy atom. The second kappa shape index (κ2) is 9.88. The van der Waals surface area contributed by atoms with Gasteiger partial charge in [0.15, 0.2) is 0 Å². The van der Waals surface area contributed by atoms with Gasteiger partial charge in [0.25, 0.3) is 0 Å². The first-order valence-corrected chi connectivity index (χ1v) is 11.1. The molecule has 6 heteroatoms. The molecule has 3 aliphatic rings. The van der Waals surface area contributed by atoms with E-state index in [-0.39, 0.29) is 11.8 Å². The smallest absolute Gasteiger partial charge is 0.232 e. The maximum atomic E-state index is 13.3. The molecular weight excluding hydrogens is 354 g/mol. The first kappa shape index (κ1) is 21.3. The molecule has 2 fully saturated rings. The van der Waals surface area contributed by atoms with Crippen LogP contribution in [-0.2, 0) is 14.3 Å². The molecule has 1 heterocycles. The molecule has 28 heavy (non-hydrogen) atoms. The summed E-state index contributed by atoms with van der Waals surface area (Å²) in [4.78, 5) is 30.0. The van der Waals surface area contributed by atoms with Gasteiger partial charge in [-0.15, -0.1) is 0 Å². The number of carbonyl (C=O) groups excluding carboxylic acids is 2. The Morgan fingerprint density at radius 2 is 2.07 bits per heavy atom. The van der Waals surface area contributed by atoms with E-state index < -0.39 is 5.41 Å². The summed E-state index contributed by atoms with van der Waals surface area (Å²) in [7, 11) is 3.82. The summed E-state index contributed by atoms with van der Waals surface area (Å²) in [5.74, 6) is 0.219. The van der Waals surface area contributed by atoms with Gasteiger partial charge >= 0.3 is 0 Å². The number of ether oxygens (including phenoxy) is 1. The number of methoxy groups -OCH3 is 1. The zero-order chi connectivity index (χ0) is 20.0. The zero-order valence-electron chi connectivity index (χ0n) is 17.7. The normalized spacial score (nSPS) is 26.2. The van der Waals surface area contributed by atoms with E-state index in [1.165, 1.54) is 32.1 Å². The zero-order valence-corrected chi connectivity index (χ0v) is 17.7. The molecule has 2 amide bonds. The minimum Gasteiger partial charge on any atom is -0.383 e. The Morgan fingerprint density at radius 1 is 1.29 bits per heavy atom. The summed E-state index contributed by atoms with van der Waals surface area (Å²) >= 11 is 0. The molecule has 6 nitrogen and oxygen atoms in total. The molecule has 2 aliphatic carbocycles. The second-order valence-corrected chi connectivity index (χ2v) is 8.63. The van der Waals surface area contributed by atoms with Crippen LogP contribution in [0.5, 0.6) is 0 Å². The number of carbonyl (C=O) groups is 2. The Hall–Kier alpha value is -1.40. The molecule has 158 valence electrons. The van der Waals surface area contributed by atoms with Crippen molar-refractivity contribution in [2.45, 2.75) is 70.3 Å². The van der Waals surface area contributed by atoms with E-state index in [0.717, 1.165) is 31.5 Å². The van der Waals surface area contributed by atoms with Crippen molar-refractivity contribution in [3.8, 4) is 0 Å². The standard InChI is InChI=1S/C22H37N3O3/c1-24(18-8-4-3-5-9-18)15-14-23-21(27)22-12-7-6-10-19(22)25(16-17-28-2)20(26)11-13-22/h10,18H,3-9,11-17H2,1-2H3,(H,23,27). The topological polar surface area (TPSA) is 61.9 Å². The van der Waals surface area contributed by atoms with Crippen LogP contribution in [0.15, 0.2) is 11.8 Å². The van der Waals surface area contributed by atoms with Crippen LogP contribution in [0.2, 0.25) is 0 Å². The molecule has 1 atom stereocenters. The number of nitrogens with zero attached hydrogens (tertiary/aromatic N) is 2. The lowest BCUT2D eigenvalue weighted by molar-refractivity contribution is -0.141. The number of nitrogens with one attached hydrogen (secondary N) is 1. The Labute approximate surface area is 169 Å². The molecule has 1 saturated heterocycles. The molecule has 0 aromatic rings. The highest BCUT2D eigenvalue weighted by molar-refractivity contribution is 5.91. The molecule has 0 aromatic carbocycles. The third-order valence-corrected chi connectivity index (χ3v) is 6.89. The largest absolute Gasteiger partial charge is 0.383 e. The van der Waals surface area contributed by atoms with Gasteiger partial charge in [0, 0.05) is 44.9 Å². The summed E-state index contributed by atoms with van der Waals surface area (Å²) in [6.45, 7) is 2.58. The van der Waals surface area contributed by atoms with Crippen LogP contribution < -0.4 is 5.32 Å². The number of allylic oxidation sites excluding steroid dienone is 1. The first-order chi connectivity index (χ1) is 13.6. The van der Waals surface area contributed by atoms with E-state index in [2.05, 4.69) is 23.3 Å². The van der Waals surface area contributed by atoms with E-state index in [1.807, 2.05) is 0 Å². The number of piperidine rings is 1. The predicted octanol–water partition coefficient (Wildman–Crippen LogP) is 2.69. The maximum Gasteiger partial charge on any atom is 0.232 e. The molecular formula is C22H37N3O3. The van der Waals surface area contributed by atoms with Gasteiger partial charge < -0.3 is 19.9 Å². The minimum absolute atomic E-state index is 0.102. The molecule has 1 N–H and O–H groups in total. The number of hydrogen-bond acceptors (Lipinski definition) is 4. The SMILES string of the molecule is COCCN1C(=O)CCC2(C(=O)NCCN(C)C3CCCCC3)CCCC=C12. The molecule has 3 rings (SSSR count). The molecule has 0 aromatic heterocycles. The van der Waals surface area contributed by atoms with E-state index >= 15 is 0 Å². The van der Waals surface area contributed by atoms with E-state index in [1.54, 1.807) is 12.0 Å². The highest BCUT2D eigenvalue weighted by Gasteiger charge is 2.49. The van der Waals surface area contributed by atoms with Gasteiger partial charge in [-0.1, -0.05) is 25.3 Å². The van der Waals surface area contributed by atoms with Crippen molar-refractivity contribution in [2.75, 3.05) is 40.4 Å². The van der Waals surface area contributed by atoms with Crippen LogP contribution in [0.3, 0.4) is 0 Å². The molecule has 1 saturated carbocycles. The second-order valence-electron chi connectivity index (χ2n) is 8.63. The maximum absolute atomic E-state index is 13.3. The van der Waals surface area contributed by atoms with Gasteiger partial charge in [-0.2, -0.15) is 0 Å². The van der Waals surface area contributed by atoms with Crippen molar-refractivity contribution in [2.24, 2.45) is 5.41 Å². The Balaban J connectivity index is 1.61. The van der Waals surface area contributed by atoms with E-state index in [4.69, 9.17) is 4.74 Å². The fraction of sp³-hybridized carbons (Fsp3) is 0.818. The Bertz CT molecular complexity index is 586. The number of rotatable bonds is 8. The van der Waals surface area contributed by atoms with Crippen molar-refractivity contribution in [3.63, 3.8) is 0 Å². The predicted molar refractivity (Wildman–Crippen MR) is 110 cm³/mol. The number of fused-ring (bicyclic) bond motifs is 1. The average Bonchev–Trinajstić information content (AvgIpc) is 2.73. The fourth-order valence-electron chi connectivity index (χ4n) is 5.17. The van der Waals surface area contributed by atoms with Gasteiger partial charge in [-0.3, -0.25) is 9.59 Å². The number of likely N-dealkylation sites (tertiary alicyclic amines) is 1. The molecule has 0 bridgehead atoms. The molecule has 0 spiro atoms. The van der Waals surface area contributed by atoms with E-state index in [0.29, 0.717) is 38.6 Å². The van der Waals surface area contributed by atoms with Crippen molar-refractivity contribution in [1.82, 2.24) is 15.1 Å². The average molecular weight is 392 g/mol. The van der Waals surface area contributed by atoms with Crippen LogP contribution in [0.1, 0.15) is 64.2 Å². The lowest BCUT2D eigenvalue weighted by atomic mass is 9.69. The lowest BCUT2D eigenvalue weighted by Crippen LogP contribution is -2.54. The minimum atomic E-state index is -0.538. The summed E-state index contributed by atoms with van der Waals surface area (Å²) in [6, 6.07) is 0.658. The van der Waals surface area contributed by atoms with E-state index in [9.17, 15) is 9.59 Å². The summed E-state index contributed by atoms with van der Waals surface area (Å²) < 4.78 is 5.19. The van der Waals surface area contributed by atoms with Crippen molar-refractivity contribution in [3.05, 3.63) is 11.8 Å². The highest BCUT2D eigenvalue weighted by atomic mass is 16.5. The Kier molecular flexibility index (Phi) is 7.52. The monoisotopic (exact) mass is 391 g/mol. The quantitative estimate of drug-likeness (QED) is 0.691.